The van der Waals surface area contributed by atoms with Gasteiger partial charge in [-0.05, 0) is 78.3 Å². The van der Waals surface area contributed by atoms with Crippen LogP contribution < -0.4 is 0 Å². The Balaban J connectivity index is 1.88. The number of pyridine rings is 2. The second kappa shape index (κ2) is 8.62. The summed E-state index contributed by atoms with van der Waals surface area (Å²) < 4.78 is 0. The molecule has 0 aliphatic carbocycles. The molecule has 2 nitrogen and oxygen atoms in total. The van der Waals surface area contributed by atoms with Gasteiger partial charge < -0.3 is 0 Å². The molecule has 0 saturated heterocycles. The van der Waals surface area contributed by atoms with E-state index in [4.69, 9.17) is 9.97 Å². The number of aromatic nitrogens is 2. The number of nitrogens with zero attached hydrogens (tertiary/aromatic N) is 2. The fourth-order valence-electron chi connectivity index (χ4n) is 4.17. The molecular formula is C28H28N2. The van der Waals surface area contributed by atoms with E-state index in [-0.39, 0.29) is 0 Å². The molecule has 0 bridgehead atoms. The molecule has 0 fully saturated rings. The quantitative estimate of drug-likeness (QED) is 0.356. The molecule has 0 radical (unpaired) electrons. The first-order chi connectivity index (χ1) is 14.5. The molecule has 0 saturated carbocycles. The van der Waals surface area contributed by atoms with E-state index in [9.17, 15) is 0 Å². The van der Waals surface area contributed by atoms with Crippen LogP contribution >= 0.6 is 0 Å². The van der Waals surface area contributed by atoms with Gasteiger partial charge in [0.1, 0.15) is 0 Å². The van der Waals surface area contributed by atoms with Gasteiger partial charge in [0.05, 0.1) is 11.4 Å². The highest BCUT2D eigenvalue weighted by Crippen LogP contribution is 2.37. The van der Waals surface area contributed by atoms with Crippen LogP contribution in [0.2, 0.25) is 0 Å². The van der Waals surface area contributed by atoms with E-state index in [1.165, 1.54) is 33.4 Å². The predicted molar refractivity (Wildman–Crippen MR) is 126 cm³/mol. The van der Waals surface area contributed by atoms with Gasteiger partial charge in [0.25, 0.3) is 0 Å². The van der Waals surface area contributed by atoms with Crippen LogP contribution in [0.15, 0.2) is 79.1 Å². The van der Waals surface area contributed by atoms with Gasteiger partial charge in [-0.2, -0.15) is 0 Å². The summed E-state index contributed by atoms with van der Waals surface area (Å²) in [4.78, 5) is 9.54. The lowest BCUT2D eigenvalue weighted by Gasteiger charge is -2.17. The standard InChI is InChI=1S/C28H28N2/c1-19(2)17-22-14-16-29-26(18-22)25-11-8-15-30-28(25)27-20(3)12-13-24(21(27)4)23-9-6-5-7-10-23/h5-16,18-19H,17H2,1-4H3. The third-order valence-electron chi connectivity index (χ3n) is 5.55. The predicted octanol–water partition coefficient (Wildman–Crippen LogP) is 7.29. The molecular weight excluding hydrogens is 364 g/mol. The highest BCUT2D eigenvalue weighted by molar-refractivity contribution is 5.86. The van der Waals surface area contributed by atoms with Gasteiger partial charge in [-0.3, -0.25) is 9.97 Å². The summed E-state index contributed by atoms with van der Waals surface area (Å²) in [5.74, 6) is 0.612. The summed E-state index contributed by atoms with van der Waals surface area (Å²) in [5.41, 5.74) is 10.5. The summed E-state index contributed by atoms with van der Waals surface area (Å²) in [6.45, 7) is 8.86. The van der Waals surface area contributed by atoms with Crippen molar-refractivity contribution in [1.82, 2.24) is 9.97 Å². The number of aryl methyl sites for hydroxylation is 1. The molecule has 0 unspecified atom stereocenters. The summed E-state index contributed by atoms with van der Waals surface area (Å²) >= 11 is 0. The first-order valence-corrected chi connectivity index (χ1v) is 10.6. The normalized spacial score (nSPS) is 11.1. The molecule has 2 heterocycles. The van der Waals surface area contributed by atoms with E-state index in [0.29, 0.717) is 5.92 Å². The minimum atomic E-state index is 0.612. The number of rotatable bonds is 5. The average molecular weight is 393 g/mol. The van der Waals surface area contributed by atoms with Gasteiger partial charge in [0.2, 0.25) is 0 Å². The van der Waals surface area contributed by atoms with E-state index in [1.807, 2.05) is 18.5 Å². The van der Waals surface area contributed by atoms with Crippen LogP contribution in [-0.2, 0) is 6.42 Å². The van der Waals surface area contributed by atoms with Crippen molar-refractivity contribution in [3.63, 3.8) is 0 Å². The van der Waals surface area contributed by atoms with Crippen LogP contribution in [0.1, 0.15) is 30.5 Å². The van der Waals surface area contributed by atoms with Crippen molar-refractivity contribution in [2.24, 2.45) is 5.92 Å². The fraction of sp³-hybridized carbons (Fsp3) is 0.214. The Morgan fingerprint density at radius 1 is 0.767 bits per heavy atom. The fourth-order valence-corrected chi connectivity index (χ4v) is 4.17. The number of hydrogen-bond acceptors (Lipinski definition) is 2. The van der Waals surface area contributed by atoms with Gasteiger partial charge in [-0.15, -0.1) is 0 Å². The highest BCUT2D eigenvalue weighted by Gasteiger charge is 2.17. The molecule has 30 heavy (non-hydrogen) atoms. The third kappa shape index (κ3) is 4.04. The number of benzene rings is 2. The lowest BCUT2D eigenvalue weighted by molar-refractivity contribution is 0.647. The lowest BCUT2D eigenvalue weighted by Crippen LogP contribution is -1.99. The van der Waals surface area contributed by atoms with Gasteiger partial charge in [-0.25, -0.2) is 0 Å². The molecule has 0 aliphatic heterocycles. The third-order valence-corrected chi connectivity index (χ3v) is 5.55. The Morgan fingerprint density at radius 2 is 1.57 bits per heavy atom. The van der Waals surface area contributed by atoms with Crippen molar-refractivity contribution < 1.29 is 0 Å². The van der Waals surface area contributed by atoms with Crippen molar-refractivity contribution in [1.29, 1.82) is 0 Å². The zero-order valence-electron chi connectivity index (χ0n) is 18.2. The van der Waals surface area contributed by atoms with Gasteiger partial charge in [-0.1, -0.05) is 56.3 Å². The number of hydrogen-bond donors (Lipinski definition) is 0. The average Bonchev–Trinajstić information content (AvgIpc) is 2.74. The smallest absolute Gasteiger partial charge is 0.0801 e. The zero-order chi connectivity index (χ0) is 21.1. The molecule has 0 amide bonds. The van der Waals surface area contributed by atoms with Crippen molar-refractivity contribution >= 4 is 0 Å². The Bertz CT molecular complexity index is 1160. The largest absolute Gasteiger partial charge is 0.256 e. The van der Waals surface area contributed by atoms with Crippen LogP contribution in [0.4, 0.5) is 0 Å². The molecule has 2 heteroatoms. The monoisotopic (exact) mass is 392 g/mol. The van der Waals surface area contributed by atoms with E-state index in [2.05, 4.69) is 88.4 Å². The zero-order valence-corrected chi connectivity index (χ0v) is 18.2. The van der Waals surface area contributed by atoms with Crippen LogP contribution in [-0.4, -0.2) is 9.97 Å². The Morgan fingerprint density at radius 3 is 2.33 bits per heavy atom. The van der Waals surface area contributed by atoms with Crippen LogP contribution in [0.25, 0.3) is 33.6 Å². The first kappa shape index (κ1) is 20.0. The second-order valence-electron chi connectivity index (χ2n) is 8.34. The van der Waals surface area contributed by atoms with E-state index in [0.717, 1.165) is 23.4 Å². The second-order valence-corrected chi connectivity index (χ2v) is 8.34. The molecule has 150 valence electrons. The van der Waals surface area contributed by atoms with Gasteiger partial charge >= 0.3 is 0 Å². The van der Waals surface area contributed by atoms with E-state index < -0.39 is 0 Å². The molecule has 0 N–H and O–H groups in total. The molecule has 2 aromatic carbocycles. The summed E-state index contributed by atoms with van der Waals surface area (Å²) in [6, 6.07) is 23.4. The minimum Gasteiger partial charge on any atom is -0.256 e. The highest BCUT2D eigenvalue weighted by atomic mass is 14.7. The molecule has 4 aromatic rings. The van der Waals surface area contributed by atoms with Crippen LogP contribution in [0.3, 0.4) is 0 Å². The summed E-state index contributed by atoms with van der Waals surface area (Å²) in [7, 11) is 0. The van der Waals surface area contributed by atoms with Crippen molar-refractivity contribution in [3.05, 3.63) is 95.8 Å². The van der Waals surface area contributed by atoms with Gasteiger partial charge in [0.15, 0.2) is 0 Å². The first-order valence-electron chi connectivity index (χ1n) is 10.6. The van der Waals surface area contributed by atoms with E-state index in [1.54, 1.807) is 0 Å². The van der Waals surface area contributed by atoms with Crippen molar-refractivity contribution in [3.8, 4) is 33.6 Å². The lowest BCUT2D eigenvalue weighted by atomic mass is 9.89. The maximum absolute atomic E-state index is 4.83. The van der Waals surface area contributed by atoms with Crippen molar-refractivity contribution in [2.45, 2.75) is 34.1 Å². The van der Waals surface area contributed by atoms with Crippen LogP contribution in [0.5, 0.6) is 0 Å². The SMILES string of the molecule is Cc1ccc(-c2ccccc2)c(C)c1-c1ncccc1-c1cc(CC(C)C)ccn1. The molecule has 4 rings (SSSR count). The Hall–Kier alpha value is -3.26. The van der Waals surface area contributed by atoms with Crippen molar-refractivity contribution in [2.75, 3.05) is 0 Å². The Labute approximate surface area is 179 Å². The molecule has 2 aromatic heterocycles. The Kier molecular flexibility index (Phi) is 5.76. The van der Waals surface area contributed by atoms with Gasteiger partial charge in [0, 0.05) is 23.5 Å². The topological polar surface area (TPSA) is 25.8 Å². The minimum absolute atomic E-state index is 0.612. The molecule has 0 atom stereocenters. The summed E-state index contributed by atoms with van der Waals surface area (Å²) in [5, 5.41) is 0. The molecule has 0 spiro atoms. The summed E-state index contributed by atoms with van der Waals surface area (Å²) in [6.07, 6.45) is 4.85. The maximum atomic E-state index is 4.83. The molecule has 0 aliphatic rings. The van der Waals surface area contributed by atoms with E-state index >= 15 is 0 Å². The van der Waals surface area contributed by atoms with Crippen LogP contribution in [0, 0.1) is 19.8 Å². The maximum Gasteiger partial charge on any atom is 0.0801 e.